The Balaban J connectivity index is 1.82. The lowest BCUT2D eigenvalue weighted by Crippen LogP contribution is -2.47. The van der Waals surface area contributed by atoms with Crippen LogP contribution in [0, 0.1) is 0 Å². The normalized spacial score (nSPS) is 43.1. The zero-order valence-corrected chi connectivity index (χ0v) is 8.26. The molecule has 0 radical (unpaired) electrons. The van der Waals surface area contributed by atoms with E-state index in [1.54, 1.807) is 0 Å². The van der Waals surface area contributed by atoms with E-state index in [1.807, 2.05) is 6.34 Å². The molecular weight excluding hydrogens is 184 g/mol. The van der Waals surface area contributed by atoms with Crippen molar-refractivity contribution in [3.8, 4) is 0 Å². The Morgan fingerprint density at radius 2 is 2.31 bits per heavy atom. The predicted octanol–water partition coefficient (Wildman–Crippen LogP) is 0.681. The number of nitrogens with zero attached hydrogens (tertiary/aromatic N) is 2. The minimum absolute atomic E-state index is 0.315. The molecule has 0 aromatic rings. The van der Waals surface area contributed by atoms with Crippen molar-refractivity contribution in [2.75, 3.05) is 0 Å². The number of fused-ring (bicyclic) bond motifs is 3. The molecular formula is C8H14N4S. The third-order valence-electron chi connectivity index (χ3n) is 3.18. The summed E-state index contributed by atoms with van der Waals surface area (Å²) in [6, 6.07) is 1.35. The Kier molecular flexibility index (Phi) is 1.96. The van der Waals surface area contributed by atoms with Gasteiger partial charge in [-0.2, -0.15) is 4.40 Å². The van der Waals surface area contributed by atoms with E-state index in [1.165, 1.54) is 37.8 Å². The summed E-state index contributed by atoms with van der Waals surface area (Å²) in [6.45, 7) is 0. The summed E-state index contributed by atoms with van der Waals surface area (Å²) in [6.07, 6.45) is 7.67. The summed E-state index contributed by atoms with van der Waals surface area (Å²) in [4.78, 5) is 2.33. The highest BCUT2D eigenvalue weighted by atomic mass is 32.2. The molecule has 5 heteroatoms. The van der Waals surface area contributed by atoms with Gasteiger partial charge in [0.25, 0.3) is 0 Å². The maximum absolute atomic E-state index is 4.18. The van der Waals surface area contributed by atoms with Crippen molar-refractivity contribution >= 4 is 18.5 Å². The van der Waals surface area contributed by atoms with Crippen LogP contribution in [-0.4, -0.2) is 29.6 Å². The molecule has 0 amide bonds. The van der Waals surface area contributed by atoms with Gasteiger partial charge in [0.15, 0.2) is 0 Å². The second-order valence-electron chi connectivity index (χ2n) is 3.90. The summed E-state index contributed by atoms with van der Waals surface area (Å²) in [7, 11) is 0. The van der Waals surface area contributed by atoms with Gasteiger partial charge in [-0.15, -0.1) is 0 Å². The SMILES string of the molecule is C1=NSNC2NC3CCCCC3N12. The zero-order chi connectivity index (χ0) is 8.67. The fourth-order valence-electron chi connectivity index (χ4n) is 2.55. The van der Waals surface area contributed by atoms with Crippen LogP contribution in [-0.2, 0) is 0 Å². The van der Waals surface area contributed by atoms with E-state index in [4.69, 9.17) is 0 Å². The lowest BCUT2D eigenvalue weighted by Gasteiger charge is -2.31. The largest absolute Gasteiger partial charge is 0.328 e. The first-order valence-electron chi connectivity index (χ1n) is 4.94. The Bertz CT molecular complexity index is 232. The predicted molar refractivity (Wildman–Crippen MR) is 54.0 cm³/mol. The maximum Gasteiger partial charge on any atom is 0.146 e. The van der Waals surface area contributed by atoms with Gasteiger partial charge in [0.05, 0.1) is 12.1 Å². The van der Waals surface area contributed by atoms with Crippen LogP contribution >= 0.6 is 12.1 Å². The average molecular weight is 198 g/mol. The van der Waals surface area contributed by atoms with Crippen molar-refractivity contribution in [2.45, 2.75) is 44.1 Å². The van der Waals surface area contributed by atoms with Crippen LogP contribution in [0.4, 0.5) is 0 Å². The topological polar surface area (TPSA) is 39.7 Å². The molecule has 1 saturated carbocycles. The molecule has 3 rings (SSSR count). The van der Waals surface area contributed by atoms with Gasteiger partial charge >= 0.3 is 0 Å². The highest BCUT2D eigenvalue weighted by Crippen LogP contribution is 2.29. The summed E-state index contributed by atoms with van der Waals surface area (Å²) < 4.78 is 7.45. The minimum atomic E-state index is 0.315. The number of hydrogen-bond acceptors (Lipinski definition) is 5. The van der Waals surface area contributed by atoms with Crippen LogP contribution in [0.25, 0.3) is 0 Å². The maximum atomic E-state index is 4.18. The highest BCUT2D eigenvalue weighted by molar-refractivity contribution is 7.96. The molecule has 2 heterocycles. The molecule has 3 unspecified atom stereocenters. The van der Waals surface area contributed by atoms with E-state index in [2.05, 4.69) is 19.3 Å². The van der Waals surface area contributed by atoms with E-state index in [9.17, 15) is 0 Å². The highest BCUT2D eigenvalue weighted by Gasteiger charge is 2.41. The lowest BCUT2D eigenvalue weighted by atomic mass is 9.91. The molecule has 2 fully saturated rings. The summed E-state index contributed by atoms with van der Waals surface area (Å²) in [5, 5.41) is 3.60. The van der Waals surface area contributed by atoms with Crippen molar-refractivity contribution in [1.29, 1.82) is 0 Å². The summed E-state index contributed by atoms with van der Waals surface area (Å²) in [5.74, 6) is 0. The Labute approximate surface area is 82.4 Å². The average Bonchev–Trinajstić information content (AvgIpc) is 2.56. The van der Waals surface area contributed by atoms with Gasteiger partial charge in [0, 0.05) is 12.1 Å². The molecule has 2 aliphatic heterocycles. The van der Waals surface area contributed by atoms with Gasteiger partial charge in [0.1, 0.15) is 12.6 Å². The molecule has 13 heavy (non-hydrogen) atoms. The third-order valence-corrected chi connectivity index (χ3v) is 3.71. The number of nitrogens with one attached hydrogen (secondary N) is 2. The van der Waals surface area contributed by atoms with Crippen molar-refractivity contribution in [3.63, 3.8) is 0 Å². The van der Waals surface area contributed by atoms with E-state index in [-0.39, 0.29) is 0 Å². The van der Waals surface area contributed by atoms with Crippen LogP contribution < -0.4 is 10.0 Å². The molecule has 0 bridgehead atoms. The van der Waals surface area contributed by atoms with E-state index >= 15 is 0 Å². The molecule has 1 saturated heterocycles. The van der Waals surface area contributed by atoms with E-state index in [0.29, 0.717) is 18.4 Å². The van der Waals surface area contributed by atoms with E-state index in [0.717, 1.165) is 0 Å². The van der Waals surface area contributed by atoms with Gasteiger partial charge in [-0.1, -0.05) is 12.8 Å². The van der Waals surface area contributed by atoms with Crippen LogP contribution in [0.15, 0.2) is 4.40 Å². The first kappa shape index (κ1) is 8.08. The van der Waals surface area contributed by atoms with Crippen LogP contribution in [0.1, 0.15) is 25.7 Å². The van der Waals surface area contributed by atoms with Crippen molar-refractivity contribution in [1.82, 2.24) is 14.9 Å². The van der Waals surface area contributed by atoms with Crippen LogP contribution in [0.2, 0.25) is 0 Å². The lowest BCUT2D eigenvalue weighted by molar-refractivity contribution is 0.264. The molecule has 4 nitrogen and oxygen atoms in total. The fraction of sp³-hybridized carbons (Fsp3) is 0.875. The van der Waals surface area contributed by atoms with Crippen LogP contribution in [0.5, 0.6) is 0 Å². The van der Waals surface area contributed by atoms with Gasteiger partial charge in [-0.3, -0.25) is 5.32 Å². The molecule has 0 aromatic carbocycles. The molecule has 72 valence electrons. The second kappa shape index (κ2) is 3.15. The van der Waals surface area contributed by atoms with Gasteiger partial charge in [-0.25, -0.2) is 4.72 Å². The summed E-state index contributed by atoms with van der Waals surface area (Å²) >= 11 is 1.43. The van der Waals surface area contributed by atoms with Gasteiger partial charge in [-0.05, 0) is 12.8 Å². The van der Waals surface area contributed by atoms with Crippen molar-refractivity contribution in [3.05, 3.63) is 0 Å². The standard InChI is InChI=1S/C8H14N4S/c1-2-4-7-6(3-1)10-8-11-13-9-5-12(7)8/h5-8,10-11H,1-4H2. The fourth-order valence-corrected chi connectivity index (χ4v) is 3.05. The molecule has 0 spiro atoms. The van der Waals surface area contributed by atoms with E-state index < -0.39 is 0 Å². The van der Waals surface area contributed by atoms with Crippen LogP contribution in [0.3, 0.4) is 0 Å². The van der Waals surface area contributed by atoms with Gasteiger partial charge in [0.2, 0.25) is 0 Å². The molecule has 2 N–H and O–H groups in total. The number of hydrogen-bond donors (Lipinski definition) is 2. The molecule has 1 aliphatic carbocycles. The minimum Gasteiger partial charge on any atom is -0.328 e. The zero-order valence-electron chi connectivity index (χ0n) is 7.44. The quantitative estimate of drug-likeness (QED) is 0.562. The first-order valence-corrected chi connectivity index (χ1v) is 5.71. The molecule has 3 aliphatic rings. The number of rotatable bonds is 0. The monoisotopic (exact) mass is 198 g/mol. The third kappa shape index (κ3) is 1.26. The van der Waals surface area contributed by atoms with Crippen molar-refractivity contribution in [2.24, 2.45) is 4.40 Å². The molecule has 3 atom stereocenters. The molecule has 0 aromatic heterocycles. The smallest absolute Gasteiger partial charge is 0.146 e. The Morgan fingerprint density at radius 1 is 1.38 bits per heavy atom. The summed E-state index contributed by atoms with van der Waals surface area (Å²) in [5.41, 5.74) is 0. The second-order valence-corrected chi connectivity index (χ2v) is 4.53. The first-order chi connectivity index (χ1) is 6.45. The Hall–Kier alpha value is -0.260. The Morgan fingerprint density at radius 3 is 3.31 bits per heavy atom. The van der Waals surface area contributed by atoms with Crippen molar-refractivity contribution < 1.29 is 0 Å². The van der Waals surface area contributed by atoms with Gasteiger partial charge < -0.3 is 4.90 Å².